The molecule has 138 valence electrons. The van der Waals surface area contributed by atoms with Crippen LogP contribution in [-0.2, 0) is 4.79 Å². The van der Waals surface area contributed by atoms with E-state index in [4.69, 9.17) is 0 Å². The summed E-state index contributed by atoms with van der Waals surface area (Å²) >= 11 is 1.62. The van der Waals surface area contributed by atoms with Crippen molar-refractivity contribution in [3.05, 3.63) is 95.6 Å². The van der Waals surface area contributed by atoms with Crippen molar-refractivity contribution >= 4 is 23.4 Å². The highest BCUT2D eigenvalue weighted by atomic mass is 32.2. The summed E-state index contributed by atoms with van der Waals surface area (Å²) in [5.74, 6) is -0.0513. The van der Waals surface area contributed by atoms with E-state index in [0.29, 0.717) is 0 Å². The van der Waals surface area contributed by atoms with Crippen LogP contribution in [0.2, 0.25) is 0 Å². The van der Waals surface area contributed by atoms with E-state index in [1.54, 1.807) is 11.8 Å². The summed E-state index contributed by atoms with van der Waals surface area (Å²) in [4.78, 5) is 13.6. The van der Waals surface area contributed by atoms with Crippen LogP contribution in [0.25, 0.3) is 0 Å². The minimum Gasteiger partial charge on any atom is -0.324 e. The lowest BCUT2D eigenvalue weighted by Gasteiger charge is -2.20. The summed E-state index contributed by atoms with van der Waals surface area (Å²) in [5, 5.41) is 6.42. The molecule has 1 atom stereocenters. The first-order valence-corrected chi connectivity index (χ1v) is 10.2. The zero-order valence-corrected chi connectivity index (χ0v) is 16.4. The molecule has 0 saturated carbocycles. The van der Waals surface area contributed by atoms with Gasteiger partial charge in [0.05, 0.1) is 18.3 Å². The molecule has 3 rings (SSSR count). The summed E-state index contributed by atoms with van der Waals surface area (Å²) in [6.45, 7) is 2.31. The second kappa shape index (κ2) is 9.40. The monoisotopic (exact) mass is 376 g/mol. The molecule has 0 heterocycles. The molecule has 4 heteroatoms. The molecule has 1 amide bonds. The SMILES string of the molecule is CSc1ccccc1NC(=O)CN[C@H](c1ccccc1)c1ccc(C)cc1. The fourth-order valence-electron chi connectivity index (χ4n) is 2.97. The number of nitrogens with one attached hydrogen (secondary N) is 2. The van der Waals surface area contributed by atoms with E-state index in [0.717, 1.165) is 21.7 Å². The molecule has 3 aromatic rings. The largest absolute Gasteiger partial charge is 0.324 e. The summed E-state index contributed by atoms with van der Waals surface area (Å²) in [6.07, 6.45) is 2.01. The maximum Gasteiger partial charge on any atom is 0.238 e. The molecule has 0 bridgehead atoms. The van der Waals surface area contributed by atoms with Gasteiger partial charge in [0.25, 0.3) is 0 Å². The van der Waals surface area contributed by atoms with Crippen LogP contribution in [-0.4, -0.2) is 18.7 Å². The molecule has 0 radical (unpaired) electrons. The average Bonchev–Trinajstić information content (AvgIpc) is 2.70. The molecule has 27 heavy (non-hydrogen) atoms. The molecule has 0 fully saturated rings. The Kier molecular flexibility index (Phi) is 6.69. The topological polar surface area (TPSA) is 41.1 Å². The number of carbonyl (C=O) groups excluding carboxylic acids is 1. The number of thioether (sulfide) groups is 1. The maximum absolute atomic E-state index is 12.5. The second-order valence-electron chi connectivity index (χ2n) is 6.38. The first-order valence-electron chi connectivity index (χ1n) is 8.95. The van der Waals surface area contributed by atoms with Gasteiger partial charge in [0.2, 0.25) is 5.91 Å². The van der Waals surface area contributed by atoms with Crippen molar-refractivity contribution in [2.75, 3.05) is 18.1 Å². The number of anilines is 1. The predicted molar refractivity (Wildman–Crippen MR) is 114 cm³/mol. The Labute approximate surface area is 165 Å². The maximum atomic E-state index is 12.5. The van der Waals surface area contributed by atoms with Gasteiger partial charge in [-0.25, -0.2) is 0 Å². The van der Waals surface area contributed by atoms with Crippen LogP contribution in [0.3, 0.4) is 0 Å². The van der Waals surface area contributed by atoms with Gasteiger partial charge in [-0.3, -0.25) is 10.1 Å². The Morgan fingerprint density at radius 1 is 0.889 bits per heavy atom. The number of amides is 1. The van der Waals surface area contributed by atoms with Gasteiger partial charge in [-0.15, -0.1) is 11.8 Å². The average molecular weight is 377 g/mol. The Hall–Kier alpha value is -2.56. The molecule has 0 aliphatic carbocycles. The lowest BCUT2D eigenvalue weighted by Crippen LogP contribution is -2.32. The number of carbonyl (C=O) groups is 1. The van der Waals surface area contributed by atoms with E-state index >= 15 is 0 Å². The number of para-hydroxylation sites is 1. The van der Waals surface area contributed by atoms with E-state index in [1.165, 1.54) is 5.56 Å². The molecular weight excluding hydrogens is 352 g/mol. The van der Waals surface area contributed by atoms with Crippen LogP contribution in [0.15, 0.2) is 83.8 Å². The van der Waals surface area contributed by atoms with Crippen molar-refractivity contribution < 1.29 is 4.79 Å². The highest BCUT2D eigenvalue weighted by Gasteiger charge is 2.15. The fourth-order valence-corrected chi connectivity index (χ4v) is 3.52. The van der Waals surface area contributed by atoms with Crippen LogP contribution >= 0.6 is 11.8 Å². The smallest absolute Gasteiger partial charge is 0.238 e. The number of aryl methyl sites for hydroxylation is 1. The number of benzene rings is 3. The molecule has 3 aromatic carbocycles. The minimum atomic E-state index is -0.0513. The van der Waals surface area contributed by atoms with Crippen molar-refractivity contribution in [3.8, 4) is 0 Å². The molecule has 0 saturated heterocycles. The Morgan fingerprint density at radius 2 is 1.52 bits per heavy atom. The van der Waals surface area contributed by atoms with E-state index in [9.17, 15) is 4.79 Å². The van der Waals surface area contributed by atoms with Crippen LogP contribution in [0.5, 0.6) is 0 Å². The number of hydrogen-bond donors (Lipinski definition) is 2. The van der Waals surface area contributed by atoms with Crippen molar-refractivity contribution in [1.82, 2.24) is 5.32 Å². The lowest BCUT2D eigenvalue weighted by molar-refractivity contribution is -0.115. The molecule has 0 unspecified atom stereocenters. The lowest BCUT2D eigenvalue weighted by atomic mass is 9.98. The summed E-state index contributed by atoms with van der Waals surface area (Å²) in [5.41, 5.74) is 4.35. The van der Waals surface area contributed by atoms with Gasteiger partial charge in [0.15, 0.2) is 0 Å². The Morgan fingerprint density at radius 3 is 2.22 bits per heavy atom. The van der Waals surface area contributed by atoms with Gasteiger partial charge in [-0.05, 0) is 36.4 Å². The van der Waals surface area contributed by atoms with Crippen LogP contribution in [0.1, 0.15) is 22.7 Å². The number of rotatable bonds is 7. The summed E-state index contributed by atoms with van der Waals surface area (Å²) in [6, 6.07) is 26.4. The third-order valence-corrected chi connectivity index (χ3v) is 5.19. The Balaban J connectivity index is 1.73. The molecule has 0 spiro atoms. The van der Waals surface area contributed by atoms with Crippen LogP contribution in [0.4, 0.5) is 5.69 Å². The molecule has 0 aliphatic rings. The molecule has 2 N–H and O–H groups in total. The van der Waals surface area contributed by atoms with Crippen LogP contribution < -0.4 is 10.6 Å². The third kappa shape index (κ3) is 5.22. The van der Waals surface area contributed by atoms with Gasteiger partial charge in [-0.2, -0.15) is 0 Å². The van der Waals surface area contributed by atoms with E-state index < -0.39 is 0 Å². The van der Waals surface area contributed by atoms with Gasteiger partial charge in [0.1, 0.15) is 0 Å². The van der Waals surface area contributed by atoms with Crippen LogP contribution in [0, 0.1) is 6.92 Å². The van der Waals surface area contributed by atoms with E-state index in [1.807, 2.05) is 48.7 Å². The van der Waals surface area contributed by atoms with Gasteiger partial charge < -0.3 is 5.32 Å². The molecule has 0 aliphatic heterocycles. The molecular formula is C23H24N2OS. The highest BCUT2D eigenvalue weighted by molar-refractivity contribution is 7.98. The highest BCUT2D eigenvalue weighted by Crippen LogP contribution is 2.25. The standard InChI is InChI=1S/C23H24N2OS/c1-17-12-14-19(15-13-17)23(18-8-4-3-5-9-18)24-16-22(26)25-20-10-6-7-11-21(20)27-2/h3-15,23-24H,16H2,1-2H3,(H,25,26)/t23-/m1/s1. The van der Waals surface area contributed by atoms with Gasteiger partial charge >= 0.3 is 0 Å². The van der Waals surface area contributed by atoms with Gasteiger partial charge in [0, 0.05) is 4.90 Å². The van der Waals surface area contributed by atoms with Gasteiger partial charge in [-0.1, -0.05) is 72.3 Å². The fraction of sp³-hybridized carbons (Fsp3) is 0.174. The predicted octanol–water partition coefficient (Wildman–Crippen LogP) is 5.03. The number of hydrogen-bond acceptors (Lipinski definition) is 3. The minimum absolute atomic E-state index is 0.0339. The van der Waals surface area contributed by atoms with Crippen molar-refractivity contribution in [1.29, 1.82) is 0 Å². The van der Waals surface area contributed by atoms with E-state index in [2.05, 4.69) is 54.0 Å². The molecule has 3 nitrogen and oxygen atoms in total. The summed E-state index contributed by atoms with van der Waals surface area (Å²) in [7, 11) is 0. The zero-order valence-electron chi connectivity index (χ0n) is 15.6. The Bertz CT molecular complexity index is 878. The molecule has 0 aromatic heterocycles. The van der Waals surface area contributed by atoms with Crippen molar-refractivity contribution in [2.45, 2.75) is 17.9 Å². The first-order chi connectivity index (χ1) is 13.2. The van der Waals surface area contributed by atoms with E-state index in [-0.39, 0.29) is 18.5 Å². The second-order valence-corrected chi connectivity index (χ2v) is 7.23. The first kappa shape index (κ1) is 19.2. The van der Waals surface area contributed by atoms with Crippen molar-refractivity contribution in [3.63, 3.8) is 0 Å². The zero-order chi connectivity index (χ0) is 19.1. The normalized spacial score (nSPS) is 11.8. The quantitative estimate of drug-likeness (QED) is 0.568. The third-order valence-electron chi connectivity index (χ3n) is 4.39. The van der Waals surface area contributed by atoms with Crippen molar-refractivity contribution in [2.24, 2.45) is 0 Å². The summed E-state index contributed by atoms with van der Waals surface area (Å²) < 4.78 is 0.